The molecule has 0 radical (unpaired) electrons. The summed E-state index contributed by atoms with van der Waals surface area (Å²) in [6, 6.07) is 101. The summed E-state index contributed by atoms with van der Waals surface area (Å²) in [4.78, 5) is 4.71. The number of para-hydroxylation sites is 2. The van der Waals surface area contributed by atoms with E-state index < -0.39 is 0 Å². The first-order valence-electron chi connectivity index (χ1n) is 23.3. The Labute approximate surface area is 397 Å². The van der Waals surface area contributed by atoms with Crippen molar-refractivity contribution >= 4 is 66.4 Å². The first kappa shape index (κ1) is 40.5. The zero-order valence-electron chi connectivity index (χ0n) is 37.5. The van der Waals surface area contributed by atoms with Crippen molar-refractivity contribution in [3.63, 3.8) is 0 Å². The molecule has 0 aromatic heterocycles. The highest BCUT2D eigenvalue weighted by atomic mass is 15.1. The molecule has 0 amide bonds. The van der Waals surface area contributed by atoms with Crippen LogP contribution in [0.4, 0.5) is 34.1 Å². The molecule has 0 spiro atoms. The fraction of sp³-hybridized carbons (Fsp3) is 0. The lowest BCUT2D eigenvalue weighted by molar-refractivity contribution is 1.29. The van der Waals surface area contributed by atoms with Crippen LogP contribution in [0.3, 0.4) is 0 Å². The van der Waals surface area contributed by atoms with Gasteiger partial charge in [-0.25, -0.2) is 0 Å². The lowest BCUT2D eigenvalue weighted by Gasteiger charge is -2.27. The van der Waals surface area contributed by atoms with Crippen LogP contribution >= 0.6 is 0 Å². The Kier molecular flexibility index (Phi) is 10.6. The molecule has 12 aromatic rings. The Balaban J connectivity index is 1.05. The second-order valence-electron chi connectivity index (χ2n) is 17.3. The van der Waals surface area contributed by atoms with E-state index in [4.69, 9.17) is 0 Å². The molecule has 0 bridgehead atoms. The van der Waals surface area contributed by atoms with Crippen molar-refractivity contribution in [2.24, 2.45) is 0 Å². The number of hydrogen-bond donors (Lipinski definition) is 0. The van der Waals surface area contributed by atoms with Crippen LogP contribution in [0.5, 0.6) is 0 Å². The lowest BCUT2D eigenvalue weighted by atomic mass is 9.79. The van der Waals surface area contributed by atoms with Gasteiger partial charge in [-0.15, -0.1) is 0 Å². The predicted molar refractivity (Wildman–Crippen MR) is 290 cm³/mol. The van der Waals surface area contributed by atoms with Crippen LogP contribution < -0.4 is 9.80 Å². The Morgan fingerprint density at radius 3 is 0.838 bits per heavy atom. The summed E-state index contributed by atoms with van der Waals surface area (Å²) >= 11 is 0. The first-order valence-corrected chi connectivity index (χ1v) is 23.3. The first-order chi connectivity index (χ1) is 33.7. The maximum Gasteiger partial charge on any atom is 0.0468 e. The quantitative estimate of drug-likeness (QED) is 0.135. The summed E-state index contributed by atoms with van der Waals surface area (Å²) < 4.78 is 0. The number of anilines is 6. The van der Waals surface area contributed by atoms with E-state index in [2.05, 4.69) is 289 Å². The summed E-state index contributed by atoms with van der Waals surface area (Å²) in [6.45, 7) is 0. The molecule has 0 unspecified atom stereocenters. The van der Waals surface area contributed by atoms with E-state index in [0.29, 0.717) is 0 Å². The van der Waals surface area contributed by atoms with E-state index in [-0.39, 0.29) is 0 Å². The van der Waals surface area contributed by atoms with Crippen molar-refractivity contribution < 1.29 is 0 Å². The van der Waals surface area contributed by atoms with Crippen molar-refractivity contribution in [1.29, 1.82) is 0 Å². The van der Waals surface area contributed by atoms with Gasteiger partial charge in [-0.1, -0.05) is 206 Å². The largest absolute Gasteiger partial charge is 0.310 e. The average molecular weight is 867 g/mol. The number of rotatable bonds is 10. The molecule has 0 saturated carbocycles. The SMILES string of the molecule is c1ccc(-c2c(-c3ccccc3)c(-c3ccc(N(c4ccccc4)c4ccc5ccccc5c4)cc3)c3ccccc3c2-c2ccc(N(c3ccccc3)c3ccc4ccccc4c3)cc2)cc1. The molecule has 0 fully saturated rings. The van der Waals surface area contributed by atoms with Gasteiger partial charge in [0.2, 0.25) is 0 Å². The standard InChI is InChI=1S/C66H46N2/c1-5-21-49(22-6-1)65-63(51-35-39-57(40-36-51)67(55-27-9-3-10-28-55)59-43-33-47-19-13-15-25-53(47)45-59)61-31-17-18-32-62(61)64(66(65)50-23-7-2-8-24-50)52-37-41-58(42-38-52)68(56-29-11-4-12-30-56)60-44-34-48-20-14-16-26-54(48)46-60/h1-46H. The van der Waals surface area contributed by atoms with Crippen molar-refractivity contribution in [3.05, 3.63) is 279 Å². The maximum absolute atomic E-state index is 2.35. The minimum absolute atomic E-state index is 1.09. The van der Waals surface area contributed by atoms with E-state index in [1.807, 2.05) is 0 Å². The fourth-order valence-corrected chi connectivity index (χ4v) is 10.1. The predicted octanol–water partition coefficient (Wildman–Crippen LogP) is 18.8. The van der Waals surface area contributed by atoms with Gasteiger partial charge in [-0.2, -0.15) is 0 Å². The van der Waals surface area contributed by atoms with Crippen LogP contribution in [0, 0.1) is 0 Å². The summed E-state index contributed by atoms with van der Waals surface area (Å²) in [6.07, 6.45) is 0. The van der Waals surface area contributed by atoms with Crippen LogP contribution in [0.1, 0.15) is 0 Å². The zero-order chi connectivity index (χ0) is 45.2. The van der Waals surface area contributed by atoms with Crippen molar-refractivity contribution in [3.8, 4) is 44.5 Å². The van der Waals surface area contributed by atoms with Gasteiger partial charge in [0.1, 0.15) is 0 Å². The summed E-state index contributed by atoms with van der Waals surface area (Å²) in [7, 11) is 0. The highest BCUT2D eigenvalue weighted by molar-refractivity contribution is 6.18. The van der Waals surface area contributed by atoms with Crippen molar-refractivity contribution in [2.75, 3.05) is 9.80 Å². The van der Waals surface area contributed by atoms with Crippen LogP contribution in [0.2, 0.25) is 0 Å². The van der Waals surface area contributed by atoms with Gasteiger partial charge in [0, 0.05) is 34.1 Å². The third-order valence-electron chi connectivity index (χ3n) is 13.2. The molecule has 0 heterocycles. The molecule has 12 rings (SSSR count). The number of fused-ring (bicyclic) bond motifs is 3. The van der Waals surface area contributed by atoms with Gasteiger partial charge in [0.15, 0.2) is 0 Å². The fourth-order valence-electron chi connectivity index (χ4n) is 10.1. The van der Waals surface area contributed by atoms with Crippen LogP contribution in [-0.4, -0.2) is 0 Å². The second-order valence-corrected chi connectivity index (χ2v) is 17.3. The van der Waals surface area contributed by atoms with Gasteiger partial charge in [0.05, 0.1) is 0 Å². The number of benzene rings is 12. The van der Waals surface area contributed by atoms with Crippen molar-refractivity contribution in [2.45, 2.75) is 0 Å². The molecule has 0 aliphatic rings. The Morgan fingerprint density at radius 1 is 0.176 bits per heavy atom. The topological polar surface area (TPSA) is 6.48 Å². The van der Waals surface area contributed by atoms with Gasteiger partial charge in [-0.3, -0.25) is 0 Å². The molecule has 12 aromatic carbocycles. The van der Waals surface area contributed by atoms with E-state index >= 15 is 0 Å². The Hall–Kier alpha value is -8.98. The minimum Gasteiger partial charge on any atom is -0.310 e. The maximum atomic E-state index is 2.35. The van der Waals surface area contributed by atoms with Crippen LogP contribution in [-0.2, 0) is 0 Å². The van der Waals surface area contributed by atoms with E-state index in [1.165, 1.54) is 65.7 Å². The van der Waals surface area contributed by atoms with Gasteiger partial charge in [0.25, 0.3) is 0 Å². The third-order valence-corrected chi connectivity index (χ3v) is 13.2. The Morgan fingerprint density at radius 2 is 0.456 bits per heavy atom. The summed E-state index contributed by atoms with van der Waals surface area (Å²) in [5.41, 5.74) is 16.1. The van der Waals surface area contributed by atoms with E-state index in [0.717, 1.165) is 45.3 Å². The minimum atomic E-state index is 1.09. The molecule has 0 N–H and O–H groups in total. The van der Waals surface area contributed by atoms with E-state index in [1.54, 1.807) is 0 Å². The molecule has 0 saturated heterocycles. The van der Waals surface area contributed by atoms with Crippen LogP contribution in [0.15, 0.2) is 279 Å². The molecule has 0 atom stereocenters. The second kappa shape index (κ2) is 17.8. The van der Waals surface area contributed by atoms with Crippen LogP contribution in [0.25, 0.3) is 76.8 Å². The monoisotopic (exact) mass is 866 g/mol. The van der Waals surface area contributed by atoms with Gasteiger partial charge in [-0.05, 0) is 150 Å². The molecular formula is C66H46N2. The number of hydrogen-bond acceptors (Lipinski definition) is 2. The highest BCUT2D eigenvalue weighted by Crippen LogP contribution is 2.52. The summed E-state index contributed by atoms with van der Waals surface area (Å²) in [5, 5.41) is 7.28. The van der Waals surface area contributed by atoms with Gasteiger partial charge >= 0.3 is 0 Å². The average Bonchev–Trinajstić information content (AvgIpc) is 3.42. The smallest absolute Gasteiger partial charge is 0.0468 e. The Bertz CT molecular complexity index is 3450. The lowest BCUT2D eigenvalue weighted by Crippen LogP contribution is -2.09. The van der Waals surface area contributed by atoms with E-state index in [9.17, 15) is 0 Å². The molecule has 2 heteroatoms. The molecular weight excluding hydrogens is 821 g/mol. The molecule has 68 heavy (non-hydrogen) atoms. The highest BCUT2D eigenvalue weighted by Gasteiger charge is 2.25. The third kappa shape index (κ3) is 7.54. The molecule has 2 nitrogen and oxygen atoms in total. The molecule has 320 valence electrons. The molecule has 0 aliphatic carbocycles. The number of nitrogens with zero attached hydrogens (tertiary/aromatic N) is 2. The summed E-state index contributed by atoms with van der Waals surface area (Å²) in [5.74, 6) is 0. The van der Waals surface area contributed by atoms with Gasteiger partial charge < -0.3 is 9.80 Å². The normalized spacial score (nSPS) is 11.2. The zero-order valence-corrected chi connectivity index (χ0v) is 37.5. The molecule has 0 aliphatic heterocycles. The van der Waals surface area contributed by atoms with Crippen molar-refractivity contribution in [1.82, 2.24) is 0 Å².